The van der Waals surface area contributed by atoms with Gasteiger partial charge in [0.2, 0.25) is 0 Å². The fraction of sp³-hybridized carbons (Fsp3) is 0. The summed E-state index contributed by atoms with van der Waals surface area (Å²) < 4.78 is 5.71. The fourth-order valence-corrected chi connectivity index (χ4v) is 2.50. The minimum atomic E-state index is -0.520. The lowest BCUT2D eigenvalue weighted by atomic mass is 10.2. The van der Waals surface area contributed by atoms with Crippen molar-refractivity contribution < 1.29 is 9.53 Å². The summed E-state index contributed by atoms with van der Waals surface area (Å²) in [5.41, 5.74) is 1.16. The first-order valence-corrected chi connectivity index (χ1v) is 8.78. The molecule has 5 nitrogen and oxygen atoms in total. The molecule has 1 amide bonds. The Labute approximate surface area is 167 Å². The summed E-state index contributed by atoms with van der Waals surface area (Å²) in [4.78, 5) is 12.3. The summed E-state index contributed by atoms with van der Waals surface area (Å²) in [6, 6.07) is 25.1. The van der Waals surface area contributed by atoms with Gasteiger partial charge in [0.1, 0.15) is 23.1 Å². The fourth-order valence-electron chi connectivity index (χ4n) is 2.31. The van der Waals surface area contributed by atoms with Crippen molar-refractivity contribution in [3.63, 3.8) is 0 Å². The number of nitrogens with one attached hydrogen (secondary N) is 2. The van der Waals surface area contributed by atoms with Crippen LogP contribution in [0.15, 0.2) is 90.6 Å². The third-order valence-corrected chi connectivity index (χ3v) is 3.90. The van der Waals surface area contributed by atoms with Crippen LogP contribution in [0.5, 0.6) is 11.5 Å². The predicted molar refractivity (Wildman–Crippen MR) is 110 cm³/mol. The minimum Gasteiger partial charge on any atom is -0.457 e. The Morgan fingerprint density at radius 1 is 0.929 bits per heavy atom. The van der Waals surface area contributed by atoms with E-state index in [1.54, 1.807) is 48.5 Å². The highest BCUT2D eigenvalue weighted by Gasteiger charge is 2.09. The largest absolute Gasteiger partial charge is 0.457 e. The molecule has 0 aliphatic rings. The third-order valence-electron chi connectivity index (χ3n) is 3.66. The molecule has 0 saturated heterocycles. The van der Waals surface area contributed by atoms with Crippen LogP contribution in [0.2, 0.25) is 5.02 Å². The number of amides is 1. The molecule has 0 spiro atoms. The molecule has 0 aromatic heterocycles. The Morgan fingerprint density at radius 2 is 1.64 bits per heavy atom. The van der Waals surface area contributed by atoms with Gasteiger partial charge in [-0.3, -0.25) is 4.79 Å². The molecule has 0 bridgehead atoms. The second-order valence-corrected chi connectivity index (χ2v) is 6.15. The highest BCUT2D eigenvalue weighted by Crippen LogP contribution is 2.23. The van der Waals surface area contributed by atoms with Crippen LogP contribution in [0.25, 0.3) is 0 Å². The summed E-state index contributed by atoms with van der Waals surface area (Å²) in [5.74, 6) is 0.845. The number of carbonyl (C=O) groups excluding carboxylic acids is 1. The maximum absolute atomic E-state index is 12.3. The summed E-state index contributed by atoms with van der Waals surface area (Å²) in [5, 5.41) is 15.4. The van der Waals surface area contributed by atoms with E-state index < -0.39 is 5.91 Å². The quantitative estimate of drug-likeness (QED) is 0.425. The molecule has 3 aromatic carbocycles. The van der Waals surface area contributed by atoms with Crippen LogP contribution in [0.1, 0.15) is 0 Å². The van der Waals surface area contributed by atoms with Gasteiger partial charge in [0.15, 0.2) is 0 Å². The van der Waals surface area contributed by atoms with E-state index in [9.17, 15) is 10.1 Å². The van der Waals surface area contributed by atoms with Crippen LogP contribution in [-0.2, 0) is 4.79 Å². The van der Waals surface area contributed by atoms with E-state index in [1.165, 1.54) is 6.20 Å². The Hall–Kier alpha value is -3.75. The zero-order valence-corrected chi connectivity index (χ0v) is 15.5. The normalized spacial score (nSPS) is 10.6. The van der Waals surface area contributed by atoms with Crippen LogP contribution in [0.4, 0.5) is 11.4 Å². The lowest BCUT2D eigenvalue weighted by molar-refractivity contribution is -0.112. The molecule has 3 aromatic rings. The van der Waals surface area contributed by atoms with E-state index >= 15 is 0 Å². The van der Waals surface area contributed by atoms with Gasteiger partial charge in [0.05, 0.1) is 0 Å². The van der Waals surface area contributed by atoms with Gasteiger partial charge in [0.25, 0.3) is 5.91 Å². The third kappa shape index (κ3) is 5.37. The number of anilines is 2. The molecule has 138 valence electrons. The van der Waals surface area contributed by atoms with Crippen LogP contribution >= 0.6 is 11.6 Å². The van der Waals surface area contributed by atoms with Crippen molar-refractivity contribution >= 4 is 28.9 Å². The molecule has 0 saturated carbocycles. The number of carbonyl (C=O) groups is 1. The smallest absolute Gasteiger partial charge is 0.267 e. The lowest BCUT2D eigenvalue weighted by Crippen LogP contribution is -2.14. The van der Waals surface area contributed by atoms with Crippen molar-refractivity contribution in [1.82, 2.24) is 0 Å². The number of hydrogen-bond acceptors (Lipinski definition) is 4. The SMILES string of the molecule is N#C/C(=C/Nc1cccc(Cl)c1)C(=O)Nc1ccc(Oc2ccccc2)cc1. The lowest BCUT2D eigenvalue weighted by Gasteiger charge is -2.08. The zero-order chi connectivity index (χ0) is 19.8. The van der Waals surface area contributed by atoms with E-state index in [0.29, 0.717) is 22.1 Å². The zero-order valence-electron chi connectivity index (χ0n) is 14.7. The number of rotatable bonds is 6. The molecule has 6 heteroatoms. The standard InChI is InChI=1S/C22H16ClN3O2/c23-17-5-4-6-19(13-17)25-15-16(14-24)22(27)26-18-9-11-21(12-10-18)28-20-7-2-1-3-8-20/h1-13,15,25H,(H,26,27)/b16-15-. The molecule has 2 N–H and O–H groups in total. The van der Waals surface area contributed by atoms with Gasteiger partial charge >= 0.3 is 0 Å². The topological polar surface area (TPSA) is 74.2 Å². The van der Waals surface area contributed by atoms with Crippen molar-refractivity contribution in [1.29, 1.82) is 5.26 Å². The summed E-state index contributed by atoms with van der Waals surface area (Å²) in [6.07, 6.45) is 1.34. The van der Waals surface area contributed by atoms with Gasteiger partial charge in [-0.15, -0.1) is 0 Å². The number of halogens is 1. The number of para-hydroxylation sites is 1. The van der Waals surface area contributed by atoms with Gasteiger partial charge in [0, 0.05) is 22.6 Å². The number of nitrogens with zero attached hydrogens (tertiary/aromatic N) is 1. The number of nitriles is 1. The van der Waals surface area contributed by atoms with Crippen molar-refractivity contribution in [2.45, 2.75) is 0 Å². The average molecular weight is 390 g/mol. The molecule has 0 unspecified atom stereocenters. The molecule has 3 rings (SSSR count). The Morgan fingerprint density at radius 3 is 2.32 bits per heavy atom. The number of hydrogen-bond donors (Lipinski definition) is 2. The van der Waals surface area contributed by atoms with Crippen molar-refractivity contribution in [3.05, 3.63) is 95.7 Å². The van der Waals surface area contributed by atoms with E-state index in [4.69, 9.17) is 16.3 Å². The Balaban J connectivity index is 1.62. The molecule has 0 aliphatic carbocycles. The molecule has 28 heavy (non-hydrogen) atoms. The molecule has 0 fully saturated rings. The highest BCUT2D eigenvalue weighted by atomic mass is 35.5. The first kappa shape index (κ1) is 19.0. The van der Waals surface area contributed by atoms with E-state index in [2.05, 4.69) is 10.6 Å². The Kier molecular flexibility index (Phi) is 6.29. The summed E-state index contributed by atoms with van der Waals surface area (Å²) in [6.45, 7) is 0. The second-order valence-electron chi connectivity index (χ2n) is 5.72. The van der Waals surface area contributed by atoms with E-state index in [1.807, 2.05) is 36.4 Å². The van der Waals surface area contributed by atoms with Crippen molar-refractivity contribution in [2.24, 2.45) is 0 Å². The van der Waals surface area contributed by atoms with Gasteiger partial charge in [-0.05, 0) is 54.6 Å². The second kappa shape index (κ2) is 9.26. The summed E-state index contributed by atoms with van der Waals surface area (Å²) >= 11 is 5.91. The van der Waals surface area contributed by atoms with Crippen LogP contribution in [0, 0.1) is 11.3 Å². The van der Waals surface area contributed by atoms with E-state index in [-0.39, 0.29) is 5.57 Å². The van der Waals surface area contributed by atoms with Crippen molar-refractivity contribution in [3.8, 4) is 17.6 Å². The Bertz CT molecular complexity index is 1030. The molecule has 0 radical (unpaired) electrons. The maximum Gasteiger partial charge on any atom is 0.267 e. The molecule has 0 heterocycles. The van der Waals surface area contributed by atoms with Crippen molar-refractivity contribution in [2.75, 3.05) is 10.6 Å². The molecule has 0 aliphatic heterocycles. The van der Waals surface area contributed by atoms with Gasteiger partial charge < -0.3 is 15.4 Å². The molecular formula is C22H16ClN3O2. The minimum absolute atomic E-state index is 0.0652. The first-order valence-electron chi connectivity index (χ1n) is 8.41. The monoisotopic (exact) mass is 389 g/mol. The summed E-state index contributed by atoms with van der Waals surface area (Å²) in [7, 11) is 0. The van der Waals surface area contributed by atoms with Gasteiger partial charge in [-0.25, -0.2) is 0 Å². The molecule has 0 atom stereocenters. The number of benzene rings is 3. The maximum atomic E-state index is 12.3. The average Bonchev–Trinajstić information content (AvgIpc) is 2.71. The van der Waals surface area contributed by atoms with Crippen LogP contribution in [-0.4, -0.2) is 5.91 Å². The predicted octanol–water partition coefficient (Wildman–Crippen LogP) is 5.59. The van der Waals surface area contributed by atoms with Crippen LogP contribution in [0.3, 0.4) is 0 Å². The van der Waals surface area contributed by atoms with Gasteiger partial charge in [-0.2, -0.15) is 5.26 Å². The number of ether oxygens (including phenoxy) is 1. The van der Waals surface area contributed by atoms with Crippen LogP contribution < -0.4 is 15.4 Å². The first-order chi connectivity index (χ1) is 13.6. The molecular weight excluding hydrogens is 374 g/mol. The van der Waals surface area contributed by atoms with E-state index in [0.717, 1.165) is 5.75 Å². The highest BCUT2D eigenvalue weighted by molar-refractivity contribution is 6.30. The van der Waals surface area contributed by atoms with Gasteiger partial charge in [-0.1, -0.05) is 35.9 Å².